The van der Waals surface area contributed by atoms with Crippen LogP contribution >= 0.6 is 0 Å². The molecule has 0 spiro atoms. The molecule has 0 aliphatic carbocycles. The van der Waals surface area contributed by atoms with Crippen LogP contribution in [-0.2, 0) is 9.59 Å². The van der Waals surface area contributed by atoms with E-state index in [2.05, 4.69) is 5.32 Å². The summed E-state index contributed by atoms with van der Waals surface area (Å²) in [6, 6.07) is 7.92. The molecule has 2 amide bonds. The standard InChI is InChI=1S/C20H29N3O3/c1-3-18(26-17-8-4-6-15(2)12-17)20(25)22-10-5-7-16(14-22)23-11-9-21-13-19(23)24/h4,6,8,12,16,18,21H,3,5,7,9-11,13-14H2,1-2H3. The molecule has 2 saturated heterocycles. The molecule has 0 aromatic heterocycles. The van der Waals surface area contributed by atoms with Gasteiger partial charge in [0.2, 0.25) is 5.91 Å². The van der Waals surface area contributed by atoms with Crippen molar-refractivity contribution in [2.75, 3.05) is 32.7 Å². The van der Waals surface area contributed by atoms with Gasteiger partial charge in [0.25, 0.3) is 5.91 Å². The van der Waals surface area contributed by atoms with Crippen molar-refractivity contribution < 1.29 is 14.3 Å². The molecule has 2 heterocycles. The molecule has 26 heavy (non-hydrogen) atoms. The molecule has 142 valence electrons. The van der Waals surface area contributed by atoms with Gasteiger partial charge >= 0.3 is 0 Å². The van der Waals surface area contributed by atoms with Crippen LogP contribution in [-0.4, -0.2) is 66.5 Å². The molecule has 2 atom stereocenters. The highest BCUT2D eigenvalue weighted by Gasteiger charge is 2.34. The first kappa shape index (κ1) is 18.7. The Kier molecular flexibility index (Phi) is 6.14. The van der Waals surface area contributed by atoms with E-state index in [0.29, 0.717) is 19.5 Å². The smallest absolute Gasteiger partial charge is 0.263 e. The van der Waals surface area contributed by atoms with Crippen LogP contribution < -0.4 is 10.1 Å². The van der Waals surface area contributed by atoms with Crippen LogP contribution in [0.4, 0.5) is 0 Å². The number of benzene rings is 1. The maximum Gasteiger partial charge on any atom is 0.263 e. The average Bonchev–Trinajstić information content (AvgIpc) is 2.66. The van der Waals surface area contributed by atoms with E-state index in [9.17, 15) is 9.59 Å². The first-order valence-corrected chi connectivity index (χ1v) is 9.60. The van der Waals surface area contributed by atoms with Gasteiger partial charge in [-0.3, -0.25) is 9.59 Å². The van der Waals surface area contributed by atoms with Crippen molar-refractivity contribution in [3.8, 4) is 5.75 Å². The molecule has 1 aromatic rings. The fourth-order valence-electron chi connectivity index (χ4n) is 3.78. The zero-order valence-corrected chi connectivity index (χ0v) is 15.7. The largest absolute Gasteiger partial charge is 0.481 e. The number of amides is 2. The molecule has 0 radical (unpaired) electrons. The molecule has 0 saturated carbocycles. The molecular formula is C20H29N3O3. The zero-order chi connectivity index (χ0) is 18.5. The van der Waals surface area contributed by atoms with Crippen LogP contribution in [0, 0.1) is 6.92 Å². The van der Waals surface area contributed by atoms with Crippen LogP contribution in [0.2, 0.25) is 0 Å². The highest BCUT2D eigenvalue weighted by molar-refractivity contribution is 5.82. The second kappa shape index (κ2) is 8.54. The fraction of sp³-hybridized carbons (Fsp3) is 0.600. The highest BCUT2D eigenvalue weighted by Crippen LogP contribution is 2.21. The number of hydrogen-bond acceptors (Lipinski definition) is 4. The van der Waals surface area contributed by atoms with Gasteiger partial charge in [-0.2, -0.15) is 0 Å². The maximum atomic E-state index is 13.0. The van der Waals surface area contributed by atoms with Gasteiger partial charge in [-0.1, -0.05) is 19.1 Å². The quantitative estimate of drug-likeness (QED) is 0.867. The minimum atomic E-state index is -0.478. The maximum absolute atomic E-state index is 13.0. The van der Waals surface area contributed by atoms with Crippen molar-refractivity contribution in [1.82, 2.24) is 15.1 Å². The first-order chi connectivity index (χ1) is 12.6. The van der Waals surface area contributed by atoms with Crippen molar-refractivity contribution in [1.29, 1.82) is 0 Å². The molecule has 2 aliphatic rings. The third-order valence-corrected chi connectivity index (χ3v) is 5.19. The Morgan fingerprint density at radius 3 is 2.96 bits per heavy atom. The second-order valence-electron chi connectivity index (χ2n) is 7.18. The number of carbonyl (C=O) groups excluding carboxylic acids is 2. The van der Waals surface area contributed by atoms with Crippen molar-refractivity contribution in [2.45, 2.75) is 45.3 Å². The summed E-state index contributed by atoms with van der Waals surface area (Å²) in [6.07, 6.45) is 2.04. The number of nitrogens with zero attached hydrogens (tertiary/aromatic N) is 2. The SMILES string of the molecule is CCC(Oc1cccc(C)c1)C(=O)N1CCCC(N2CCNCC2=O)C1. The molecule has 2 unspecified atom stereocenters. The summed E-state index contributed by atoms with van der Waals surface area (Å²) in [7, 11) is 0. The number of carbonyl (C=O) groups is 2. The van der Waals surface area contributed by atoms with E-state index in [-0.39, 0.29) is 17.9 Å². The Morgan fingerprint density at radius 1 is 1.38 bits per heavy atom. The van der Waals surface area contributed by atoms with Gasteiger partial charge in [0.15, 0.2) is 6.10 Å². The van der Waals surface area contributed by atoms with E-state index >= 15 is 0 Å². The second-order valence-corrected chi connectivity index (χ2v) is 7.18. The van der Waals surface area contributed by atoms with Gasteiger partial charge < -0.3 is 19.9 Å². The predicted molar refractivity (Wildman–Crippen MR) is 100 cm³/mol. The number of nitrogens with one attached hydrogen (secondary N) is 1. The van der Waals surface area contributed by atoms with Crippen LogP contribution in [0.1, 0.15) is 31.7 Å². The zero-order valence-electron chi connectivity index (χ0n) is 15.7. The number of rotatable bonds is 5. The molecule has 2 fully saturated rings. The van der Waals surface area contributed by atoms with Gasteiger partial charge in [0, 0.05) is 32.2 Å². The van der Waals surface area contributed by atoms with Crippen molar-refractivity contribution >= 4 is 11.8 Å². The van der Waals surface area contributed by atoms with Gasteiger partial charge in [0.1, 0.15) is 5.75 Å². The first-order valence-electron chi connectivity index (χ1n) is 9.60. The van der Waals surface area contributed by atoms with E-state index in [0.717, 1.165) is 43.8 Å². The monoisotopic (exact) mass is 359 g/mol. The molecular weight excluding hydrogens is 330 g/mol. The molecule has 3 rings (SSSR count). The normalized spacial score (nSPS) is 22.2. The summed E-state index contributed by atoms with van der Waals surface area (Å²) in [5.74, 6) is 0.899. The summed E-state index contributed by atoms with van der Waals surface area (Å²) in [5, 5.41) is 3.10. The molecule has 1 aromatic carbocycles. The third kappa shape index (κ3) is 4.36. The van der Waals surface area contributed by atoms with Crippen LogP contribution in [0.5, 0.6) is 5.75 Å². The summed E-state index contributed by atoms with van der Waals surface area (Å²) < 4.78 is 5.98. The van der Waals surface area contributed by atoms with Gasteiger partial charge in [-0.05, 0) is 43.9 Å². The average molecular weight is 359 g/mol. The summed E-state index contributed by atoms with van der Waals surface area (Å²) in [4.78, 5) is 29.0. The Hall–Kier alpha value is -2.08. The van der Waals surface area contributed by atoms with Gasteiger partial charge in [-0.25, -0.2) is 0 Å². The van der Waals surface area contributed by atoms with E-state index in [4.69, 9.17) is 4.74 Å². The van der Waals surface area contributed by atoms with E-state index < -0.39 is 6.10 Å². The Morgan fingerprint density at radius 2 is 2.23 bits per heavy atom. The van der Waals surface area contributed by atoms with Crippen molar-refractivity contribution in [3.05, 3.63) is 29.8 Å². The number of aryl methyl sites for hydroxylation is 1. The van der Waals surface area contributed by atoms with E-state index in [1.165, 1.54) is 0 Å². The summed E-state index contributed by atoms with van der Waals surface area (Å²) >= 11 is 0. The minimum absolute atomic E-state index is 0.0290. The van der Waals surface area contributed by atoms with Gasteiger partial charge in [-0.15, -0.1) is 0 Å². The molecule has 6 nitrogen and oxygen atoms in total. The fourth-order valence-corrected chi connectivity index (χ4v) is 3.78. The van der Waals surface area contributed by atoms with E-state index in [1.54, 1.807) is 0 Å². The minimum Gasteiger partial charge on any atom is -0.481 e. The van der Waals surface area contributed by atoms with E-state index in [1.807, 2.05) is 47.9 Å². The number of piperazine rings is 1. The van der Waals surface area contributed by atoms with Crippen molar-refractivity contribution in [2.24, 2.45) is 0 Å². The number of ether oxygens (including phenoxy) is 1. The van der Waals surface area contributed by atoms with Crippen LogP contribution in [0.25, 0.3) is 0 Å². The lowest BCUT2D eigenvalue weighted by Gasteiger charge is -2.41. The lowest BCUT2D eigenvalue weighted by Crippen LogP contribution is -2.58. The van der Waals surface area contributed by atoms with Crippen molar-refractivity contribution in [3.63, 3.8) is 0 Å². The lowest BCUT2D eigenvalue weighted by atomic mass is 10.0. The Balaban J connectivity index is 1.64. The summed E-state index contributed by atoms with van der Waals surface area (Å²) in [6.45, 7) is 7.28. The number of likely N-dealkylation sites (tertiary alicyclic amines) is 1. The molecule has 6 heteroatoms. The third-order valence-electron chi connectivity index (χ3n) is 5.19. The topological polar surface area (TPSA) is 61.9 Å². The molecule has 0 bridgehead atoms. The number of hydrogen-bond donors (Lipinski definition) is 1. The Labute approximate surface area is 155 Å². The molecule has 1 N–H and O–H groups in total. The predicted octanol–water partition coefficient (Wildman–Crippen LogP) is 1.58. The lowest BCUT2D eigenvalue weighted by molar-refractivity contribution is -0.144. The number of piperidine rings is 1. The van der Waals surface area contributed by atoms with Gasteiger partial charge in [0.05, 0.1) is 6.54 Å². The highest BCUT2D eigenvalue weighted by atomic mass is 16.5. The summed E-state index contributed by atoms with van der Waals surface area (Å²) in [5.41, 5.74) is 1.11. The Bertz CT molecular complexity index is 649. The van der Waals surface area contributed by atoms with Crippen LogP contribution in [0.15, 0.2) is 24.3 Å². The molecule has 2 aliphatic heterocycles. The van der Waals surface area contributed by atoms with Crippen LogP contribution in [0.3, 0.4) is 0 Å².